The predicted octanol–water partition coefficient (Wildman–Crippen LogP) is 3.20. The van der Waals surface area contributed by atoms with Crippen LogP contribution in [0.4, 0.5) is 0 Å². The van der Waals surface area contributed by atoms with Crippen LogP contribution < -0.4 is 0 Å². The largest absolute Gasteiger partial charge is 0.303 e. The normalized spacial score (nSPS) is 21.3. The third-order valence-corrected chi connectivity index (χ3v) is 3.55. The molecule has 0 N–H and O–H groups in total. The third-order valence-electron chi connectivity index (χ3n) is 3.55. The van der Waals surface area contributed by atoms with Gasteiger partial charge in [0, 0.05) is 24.0 Å². The number of likely N-dealkylation sites (N-methyl/N-ethyl adjacent to an activating group) is 1. The van der Waals surface area contributed by atoms with Crippen molar-refractivity contribution in [2.75, 3.05) is 20.1 Å². The SMILES string of the molecule is CN(CCN=[N+]=[N-])C1CCC(C)(C)CC1. The van der Waals surface area contributed by atoms with Gasteiger partial charge >= 0.3 is 0 Å². The minimum absolute atomic E-state index is 0.530. The Morgan fingerprint density at radius 2 is 2.00 bits per heavy atom. The molecule has 86 valence electrons. The van der Waals surface area contributed by atoms with Crippen LogP contribution in [0.3, 0.4) is 0 Å². The van der Waals surface area contributed by atoms with Crippen molar-refractivity contribution in [1.29, 1.82) is 0 Å². The van der Waals surface area contributed by atoms with E-state index < -0.39 is 0 Å². The molecule has 0 aromatic heterocycles. The third kappa shape index (κ3) is 4.10. The molecule has 15 heavy (non-hydrogen) atoms. The average molecular weight is 210 g/mol. The molecule has 0 unspecified atom stereocenters. The van der Waals surface area contributed by atoms with Gasteiger partial charge < -0.3 is 4.90 Å². The van der Waals surface area contributed by atoms with Crippen molar-refractivity contribution >= 4 is 0 Å². The Labute approximate surface area is 92.3 Å². The zero-order valence-corrected chi connectivity index (χ0v) is 10.1. The molecule has 0 bridgehead atoms. The van der Waals surface area contributed by atoms with Crippen LogP contribution in [-0.4, -0.2) is 31.1 Å². The summed E-state index contributed by atoms with van der Waals surface area (Å²) in [4.78, 5) is 5.11. The molecule has 4 nitrogen and oxygen atoms in total. The smallest absolute Gasteiger partial charge is 0.0385 e. The van der Waals surface area contributed by atoms with Gasteiger partial charge in [-0.05, 0) is 43.7 Å². The summed E-state index contributed by atoms with van der Waals surface area (Å²) < 4.78 is 0. The molecule has 4 heteroatoms. The van der Waals surface area contributed by atoms with Crippen molar-refractivity contribution in [1.82, 2.24) is 4.90 Å². The van der Waals surface area contributed by atoms with Crippen LogP contribution in [0, 0.1) is 5.41 Å². The van der Waals surface area contributed by atoms with E-state index >= 15 is 0 Å². The van der Waals surface area contributed by atoms with E-state index in [-0.39, 0.29) is 0 Å². The van der Waals surface area contributed by atoms with Crippen LogP contribution >= 0.6 is 0 Å². The van der Waals surface area contributed by atoms with Crippen molar-refractivity contribution in [3.63, 3.8) is 0 Å². The van der Waals surface area contributed by atoms with E-state index in [1.165, 1.54) is 25.7 Å². The first-order valence-corrected chi connectivity index (χ1v) is 5.76. The number of hydrogen-bond donors (Lipinski definition) is 0. The van der Waals surface area contributed by atoms with Gasteiger partial charge in [-0.2, -0.15) is 0 Å². The molecule has 1 aliphatic carbocycles. The fraction of sp³-hybridized carbons (Fsp3) is 1.00. The van der Waals surface area contributed by atoms with Gasteiger partial charge in [-0.15, -0.1) is 0 Å². The highest BCUT2D eigenvalue weighted by Crippen LogP contribution is 2.36. The summed E-state index contributed by atoms with van der Waals surface area (Å²) in [5.41, 5.74) is 8.73. The standard InChI is InChI=1S/C11H22N4/c1-11(2)6-4-10(5-7-11)15(3)9-8-13-14-12/h10H,4-9H2,1-3H3. The lowest BCUT2D eigenvalue weighted by molar-refractivity contribution is 0.130. The van der Waals surface area contributed by atoms with Crippen LogP contribution in [-0.2, 0) is 0 Å². The summed E-state index contributed by atoms with van der Waals surface area (Å²) in [6, 6.07) is 0.687. The van der Waals surface area contributed by atoms with Crippen LogP contribution in [0.5, 0.6) is 0 Å². The van der Waals surface area contributed by atoms with Crippen molar-refractivity contribution < 1.29 is 0 Å². The second-order valence-electron chi connectivity index (χ2n) is 5.33. The summed E-state index contributed by atoms with van der Waals surface area (Å²) in [7, 11) is 2.13. The summed E-state index contributed by atoms with van der Waals surface area (Å²) in [6.45, 7) is 6.18. The highest BCUT2D eigenvalue weighted by molar-refractivity contribution is 4.82. The zero-order chi connectivity index (χ0) is 11.3. The van der Waals surface area contributed by atoms with Crippen LogP contribution in [0.1, 0.15) is 39.5 Å². The Kier molecular flexibility index (Phi) is 4.43. The first-order chi connectivity index (χ1) is 7.05. The van der Waals surface area contributed by atoms with Crippen molar-refractivity contribution in [2.24, 2.45) is 10.5 Å². The van der Waals surface area contributed by atoms with Crippen LogP contribution in [0.15, 0.2) is 5.11 Å². The van der Waals surface area contributed by atoms with Crippen molar-refractivity contribution in [3.8, 4) is 0 Å². The van der Waals surface area contributed by atoms with Gasteiger partial charge in [0.15, 0.2) is 0 Å². The van der Waals surface area contributed by atoms with Crippen molar-refractivity contribution in [2.45, 2.75) is 45.6 Å². The highest BCUT2D eigenvalue weighted by Gasteiger charge is 2.28. The summed E-state index contributed by atoms with van der Waals surface area (Å²) >= 11 is 0. The summed E-state index contributed by atoms with van der Waals surface area (Å²) in [6.07, 6.45) is 5.17. The van der Waals surface area contributed by atoms with Gasteiger partial charge in [-0.25, -0.2) is 0 Å². The van der Waals surface area contributed by atoms with E-state index in [4.69, 9.17) is 5.53 Å². The molecular weight excluding hydrogens is 188 g/mol. The Morgan fingerprint density at radius 1 is 1.40 bits per heavy atom. The number of azide groups is 1. The predicted molar refractivity (Wildman–Crippen MR) is 62.7 cm³/mol. The lowest BCUT2D eigenvalue weighted by Crippen LogP contribution is -2.38. The molecule has 1 saturated carbocycles. The molecule has 1 aliphatic rings. The summed E-state index contributed by atoms with van der Waals surface area (Å²) in [5.74, 6) is 0. The molecule has 0 heterocycles. The second-order valence-corrected chi connectivity index (χ2v) is 5.33. The Balaban J connectivity index is 2.29. The molecule has 0 amide bonds. The molecule has 0 radical (unpaired) electrons. The molecule has 0 aliphatic heterocycles. The molecule has 0 aromatic carbocycles. The molecule has 0 atom stereocenters. The Hall–Kier alpha value is -0.730. The van der Waals surface area contributed by atoms with E-state index in [9.17, 15) is 0 Å². The molecule has 1 rings (SSSR count). The van der Waals surface area contributed by atoms with Gasteiger partial charge in [-0.1, -0.05) is 19.0 Å². The first kappa shape index (κ1) is 12.3. The average Bonchev–Trinajstić information content (AvgIpc) is 2.18. The first-order valence-electron chi connectivity index (χ1n) is 5.76. The molecule has 0 saturated heterocycles. The quantitative estimate of drug-likeness (QED) is 0.399. The van der Waals surface area contributed by atoms with E-state index in [1.54, 1.807) is 0 Å². The maximum absolute atomic E-state index is 8.20. The Morgan fingerprint density at radius 3 is 2.53 bits per heavy atom. The minimum Gasteiger partial charge on any atom is -0.303 e. The second kappa shape index (κ2) is 5.38. The number of hydrogen-bond acceptors (Lipinski definition) is 2. The van der Waals surface area contributed by atoms with Gasteiger partial charge in [0.25, 0.3) is 0 Å². The van der Waals surface area contributed by atoms with Crippen molar-refractivity contribution in [3.05, 3.63) is 10.4 Å². The van der Waals surface area contributed by atoms with E-state index in [1.807, 2.05) is 0 Å². The number of rotatable bonds is 4. The minimum atomic E-state index is 0.530. The highest BCUT2D eigenvalue weighted by atomic mass is 15.2. The Bertz CT molecular complexity index is 233. The maximum atomic E-state index is 8.20. The summed E-state index contributed by atoms with van der Waals surface area (Å²) in [5, 5.41) is 3.57. The fourth-order valence-electron chi connectivity index (χ4n) is 2.25. The lowest BCUT2D eigenvalue weighted by atomic mass is 9.75. The van der Waals surface area contributed by atoms with Gasteiger partial charge in [-0.3, -0.25) is 0 Å². The zero-order valence-electron chi connectivity index (χ0n) is 10.1. The molecule has 0 spiro atoms. The molecular formula is C11H22N4. The number of nitrogens with zero attached hydrogens (tertiary/aromatic N) is 4. The lowest BCUT2D eigenvalue weighted by Gasteiger charge is -2.38. The van der Waals surface area contributed by atoms with Gasteiger partial charge in [0.2, 0.25) is 0 Å². The van der Waals surface area contributed by atoms with E-state index in [0.29, 0.717) is 18.0 Å². The molecule has 1 fully saturated rings. The van der Waals surface area contributed by atoms with Crippen LogP contribution in [0.2, 0.25) is 0 Å². The van der Waals surface area contributed by atoms with Gasteiger partial charge in [0.05, 0.1) is 0 Å². The monoisotopic (exact) mass is 210 g/mol. The van der Waals surface area contributed by atoms with Gasteiger partial charge in [0.1, 0.15) is 0 Å². The maximum Gasteiger partial charge on any atom is 0.0385 e. The topological polar surface area (TPSA) is 52.0 Å². The molecule has 0 aromatic rings. The van der Waals surface area contributed by atoms with E-state index in [2.05, 4.69) is 35.8 Å². The fourth-order valence-corrected chi connectivity index (χ4v) is 2.25. The van der Waals surface area contributed by atoms with E-state index in [0.717, 1.165) is 6.54 Å². The van der Waals surface area contributed by atoms with Crippen LogP contribution in [0.25, 0.3) is 10.4 Å².